The summed E-state index contributed by atoms with van der Waals surface area (Å²) < 4.78 is 92.2. The van der Waals surface area contributed by atoms with Gasteiger partial charge in [0.2, 0.25) is 0 Å². The molecule has 2 aromatic carbocycles. The molecule has 13 heteroatoms. The normalized spacial score (nSPS) is 11.2. The second kappa shape index (κ2) is 7.34. The van der Waals surface area contributed by atoms with Crippen molar-refractivity contribution in [3.63, 3.8) is 0 Å². The predicted molar refractivity (Wildman–Crippen MR) is 84.2 cm³/mol. The van der Waals surface area contributed by atoms with E-state index in [1.54, 1.807) is 5.32 Å². The molecule has 0 aliphatic rings. The van der Waals surface area contributed by atoms with Crippen molar-refractivity contribution in [2.75, 3.05) is 10.6 Å². The summed E-state index contributed by atoms with van der Waals surface area (Å²) in [6.07, 6.45) is -5.67. The van der Waals surface area contributed by atoms with Gasteiger partial charge in [-0.05, 0) is 18.3 Å². The number of hydrogen-bond donors (Lipinski definition) is 2. The van der Waals surface area contributed by atoms with E-state index in [0.29, 0.717) is 0 Å². The van der Waals surface area contributed by atoms with Gasteiger partial charge in [0.25, 0.3) is 5.69 Å². The molecule has 0 amide bonds. The predicted octanol–water partition coefficient (Wildman–Crippen LogP) is 4.98. The first-order chi connectivity index (χ1) is 12.4. The molecule has 0 atom stereocenters. The minimum atomic E-state index is -5.67. The summed E-state index contributed by atoms with van der Waals surface area (Å²) in [5.74, 6) is -9.99. The lowest BCUT2D eigenvalue weighted by molar-refractivity contribution is -0.384. The summed E-state index contributed by atoms with van der Waals surface area (Å²) in [5, 5.41) is 13.9. The third-order valence-electron chi connectivity index (χ3n) is 3.10. The first kappa shape index (κ1) is 20.4. The maximum atomic E-state index is 13.8. The molecule has 0 fully saturated rings. The fourth-order valence-electron chi connectivity index (χ4n) is 1.96. The molecule has 144 valence electrons. The zero-order chi connectivity index (χ0) is 20.5. The Balaban J connectivity index is 2.34. The fourth-order valence-corrected chi connectivity index (χ4v) is 2.18. The Bertz CT molecular complexity index is 905. The number of thiocarbonyl (C=S) groups is 1. The van der Waals surface area contributed by atoms with Crippen LogP contribution in [0, 0.1) is 33.4 Å². The molecule has 0 saturated carbocycles. The lowest BCUT2D eigenvalue weighted by atomic mass is 10.1. The first-order valence-corrected chi connectivity index (χ1v) is 7.10. The number of rotatable bonds is 3. The van der Waals surface area contributed by atoms with Crippen molar-refractivity contribution in [1.82, 2.24) is 0 Å². The highest BCUT2D eigenvalue weighted by atomic mass is 32.1. The van der Waals surface area contributed by atoms with Crippen LogP contribution in [0.3, 0.4) is 0 Å². The molecule has 0 spiro atoms. The second-order valence-electron chi connectivity index (χ2n) is 4.89. The van der Waals surface area contributed by atoms with Crippen LogP contribution in [0.1, 0.15) is 5.56 Å². The molecule has 0 aliphatic heterocycles. The van der Waals surface area contributed by atoms with Crippen LogP contribution in [0.15, 0.2) is 24.3 Å². The number of alkyl halides is 3. The van der Waals surface area contributed by atoms with E-state index in [2.05, 4.69) is 17.5 Å². The Morgan fingerprint density at radius 1 is 1.00 bits per heavy atom. The number of nitro groups is 1. The van der Waals surface area contributed by atoms with E-state index < -0.39 is 50.7 Å². The van der Waals surface area contributed by atoms with E-state index in [4.69, 9.17) is 0 Å². The Morgan fingerprint density at radius 2 is 1.56 bits per heavy atom. The summed E-state index contributed by atoms with van der Waals surface area (Å²) in [5.41, 5.74) is -4.72. The van der Waals surface area contributed by atoms with Gasteiger partial charge < -0.3 is 10.6 Å². The van der Waals surface area contributed by atoms with Crippen LogP contribution < -0.4 is 10.6 Å². The van der Waals surface area contributed by atoms with Crippen LogP contribution in [0.25, 0.3) is 0 Å². The molecule has 0 heterocycles. The summed E-state index contributed by atoms with van der Waals surface area (Å²) in [4.78, 5) is 9.91. The lowest BCUT2D eigenvalue weighted by Crippen LogP contribution is -2.23. The van der Waals surface area contributed by atoms with Crippen molar-refractivity contribution >= 4 is 34.4 Å². The van der Waals surface area contributed by atoms with E-state index in [0.717, 1.165) is 12.1 Å². The molecule has 2 aromatic rings. The van der Waals surface area contributed by atoms with Crippen LogP contribution in [0.5, 0.6) is 0 Å². The van der Waals surface area contributed by atoms with Gasteiger partial charge in [-0.2, -0.15) is 13.2 Å². The number of nitrogens with one attached hydrogen (secondary N) is 2. The number of non-ortho nitro benzene ring substituents is 1. The molecule has 0 aromatic heterocycles. The zero-order valence-electron chi connectivity index (χ0n) is 12.6. The number of nitro benzene ring substituents is 1. The fraction of sp³-hybridized carbons (Fsp3) is 0.0714. The third kappa shape index (κ3) is 4.24. The smallest absolute Gasteiger partial charge is 0.332 e. The molecule has 2 rings (SSSR count). The average Bonchev–Trinajstić information content (AvgIpc) is 2.56. The summed E-state index contributed by atoms with van der Waals surface area (Å²) >= 11 is 4.65. The van der Waals surface area contributed by atoms with Gasteiger partial charge in [0.05, 0.1) is 4.92 Å². The maximum Gasteiger partial charge on any atom is 0.422 e. The summed E-state index contributed by atoms with van der Waals surface area (Å²) in [6.45, 7) is 0. The van der Waals surface area contributed by atoms with Gasteiger partial charge in [0, 0.05) is 17.8 Å². The van der Waals surface area contributed by atoms with Crippen LogP contribution in [-0.4, -0.2) is 10.0 Å². The van der Waals surface area contributed by atoms with Crippen molar-refractivity contribution in [3.05, 3.63) is 63.2 Å². The quantitative estimate of drug-likeness (QED) is 0.244. The molecular formula is C14H6F7N3O2S. The van der Waals surface area contributed by atoms with Gasteiger partial charge in [0.1, 0.15) is 11.3 Å². The molecule has 2 N–H and O–H groups in total. The number of nitrogens with zero attached hydrogens (tertiary/aromatic N) is 1. The van der Waals surface area contributed by atoms with Crippen LogP contribution in [0.2, 0.25) is 0 Å². The molecule has 27 heavy (non-hydrogen) atoms. The van der Waals surface area contributed by atoms with E-state index in [9.17, 15) is 40.8 Å². The van der Waals surface area contributed by atoms with E-state index in [-0.39, 0.29) is 11.4 Å². The Kier molecular flexibility index (Phi) is 5.54. The van der Waals surface area contributed by atoms with Crippen molar-refractivity contribution in [1.29, 1.82) is 0 Å². The average molecular weight is 413 g/mol. The summed E-state index contributed by atoms with van der Waals surface area (Å²) in [7, 11) is 0. The van der Waals surface area contributed by atoms with Crippen LogP contribution >= 0.6 is 12.2 Å². The van der Waals surface area contributed by atoms with Gasteiger partial charge in [-0.1, -0.05) is 6.07 Å². The van der Waals surface area contributed by atoms with Crippen LogP contribution in [0.4, 0.5) is 47.8 Å². The topological polar surface area (TPSA) is 67.2 Å². The van der Waals surface area contributed by atoms with Gasteiger partial charge in [-0.3, -0.25) is 10.1 Å². The minimum absolute atomic E-state index is 0.0321. The molecule has 0 saturated heterocycles. The number of hydrogen-bond acceptors (Lipinski definition) is 3. The van der Waals surface area contributed by atoms with Gasteiger partial charge in [-0.25, -0.2) is 17.6 Å². The molecule has 0 aliphatic carbocycles. The highest BCUT2D eigenvalue weighted by molar-refractivity contribution is 7.80. The standard InChI is InChI=1S/C14H6F7N3O2S/c15-8-7(14(19,20)21)9(16)11(18)12(10(8)17)23-13(27)22-5-2-1-3-6(4-5)24(25)26/h1-4H,(H2,22,23,27). The van der Waals surface area contributed by atoms with Crippen LogP contribution in [-0.2, 0) is 6.18 Å². The minimum Gasteiger partial charge on any atom is -0.332 e. The Morgan fingerprint density at radius 3 is 2.04 bits per heavy atom. The first-order valence-electron chi connectivity index (χ1n) is 6.69. The number of anilines is 2. The van der Waals surface area contributed by atoms with Gasteiger partial charge in [0.15, 0.2) is 28.4 Å². The molecule has 5 nitrogen and oxygen atoms in total. The zero-order valence-corrected chi connectivity index (χ0v) is 13.4. The molecular weight excluding hydrogens is 407 g/mol. The number of halogens is 7. The Labute approximate surface area is 150 Å². The van der Waals surface area contributed by atoms with Crippen molar-refractivity contribution < 1.29 is 35.7 Å². The summed E-state index contributed by atoms with van der Waals surface area (Å²) in [6, 6.07) is 4.61. The number of benzene rings is 2. The highest BCUT2D eigenvalue weighted by Crippen LogP contribution is 2.38. The molecule has 0 unspecified atom stereocenters. The van der Waals surface area contributed by atoms with E-state index in [1.165, 1.54) is 12.1 Å². The van der Waals surface area contributed by atoms with Crippen molar-refractivity contribution in [2.45, 2.75) is 6.18 Å². The third-order valence-corrected chi connectivity index (χ3v) is 3.30. The van der Waals surface area contributed by atoms with Gasteiger partial charge >= 0.3 is 6.18 Å². The Hall–Kier alpha value is -2.96. The van der Waals surface area contributed by atoms with Gasteiger partial charge in [-0.15, -0.1) is 0 Å². The largest absolute Gasteiger partial charge is 0.422 e. The lowest BCUT2D eigenvalue weighted by Gasteiger charge is -2.16. The second-order valence-corrected chi connectivity index (χ2v) is 5.30. The van der Waals surface area contributed by atoms with Crippen molar-refractivity contribution in [3.8, 4) is 0 Å². The SMILES string of the molecule is O=[N+]([O-])c1cccc(NC(=S)Nc2c(F)c(F)c(C(F)(F)F)c(F)c2F)c1. The van der Waals surface area contributed by atoms with E-state index in [1.807, 2.05) is 0 Å². The molecule has 0 bridgehead atoms. The van der Waals surface area contributed by atoms with E-state index >= 15 is 0 Å². The monoisotopic (exact) mass is 413 g/mol. The maximum absolute atomic E-state index is 13.8. The highest BCUT2D eigenvalue weighted by Gasteiger charge is 2.42. The molecule has 0 radical (unpaired) electrons. The van der Waals surface area contributed by atoms with Crippen molar-refractivity contribution in [2.24, 2.45) is 0 Å².